The molecule has 2 saturated carbocycles. The lowest BCUT2D eigenvalue weighted by Gasteiger charge is -2.18. The number of hydrogen-bond donors (Lipinski definition) is 1. The number of ether oxygens (including phenoxy) is 1. The van der Waals surface area contributed by atoms with E-state index in [9.17, 15) is 9.90 Å². The van der Waals surface area contributed by atoms with E-state index in [0.717, 1.165) is 24.2 Å². The second kappa shape index (κ2) is 4.51. The first-order valence-corrected chi connectivity index (χ1v) is 7.46. The standard InChI is InChI=1S/C17H22O3/c1-16(2)11-17(16,15(18)19)12-7-9-14(10-8-12)20-13-5-3-4-6-13/h7-10,13H,3-6,11H2,1-2H3,(H,18,19). The highest BCUT2D eigenvalue weighted by atomic mass is 16.5. The molecule has 1 aromatic rings. The van der Waals surface area contributed by atoms with Crippen LogP contribution in [-0.4, -0.2) is 17.2 Å². The Bertz CT molecular complexity index is 512. The van der Waals surface area contributed by atoms with Gasteiger partial charge in [-0.05, 0) is 55.2 Å². The van der Waals surface area contributed by atoms with Crippen molar-refractivity contribution in [3.8, 4) is 5.75 Å². The maximum atomic E-state index is 11.6. The van der Waals surface area contributed by atoms with Crippen LogP contribution in [-0.2, 0) is 10.2 Å². The molecule has 0 spiro atoms. The third-order valence-electron chi connectivity index (χ3n) is 5.05. The van der Waals surface area contributed by atoms with Gasteiger partial charge in [0.2, 0.25) is 0 Å². The monoisotopic (exact) mass is 274 g/mol. The molecular formula is C17H22O3. The Morgan fingerprint density at radius 2 is 1.75 bits per heavy atom. The summed E-state index contributed by atoms with van der Waals surface area (Å²) in [4.78, 5) is 11.6. The van der Waals surface area contributed by atoms with Crippen LogP contribution in [0.4, 0.5) is 0 Å². The lowest BCUT2D eigenvalue weighted by molar-refractivity contribution is -0.141. The summed E-state index contributed by atoms with van der Waals surface area (Å²) in [5.41, 5.74) is 0.0275. The molecule has 0 amide bonds. The fourth-order valence-electron chi connectivity index (χ4n) is 3.62. The molecule has 2 aliphatic carbocycles. The minimum absolute atomic E-state index is 0.160. The molecule has 0 aromatic heterocycles. The first-order chi connectivity index (χ1) is 9.46. The maximum Gasteiger partial charge on any atom is 0.314 e. The molecule has 2 aliphatic rings. The smallest absolute Gasteiger partial charge is 0.314 e. The van der Waals surface area contributed by atoms with E-state index in [1.165, 1.54) is 12.8 Å². The van der Waals surface area contributed by atoms with Gasteiger partial charge in [0.05, 0.1) is 11.5 Å². The molecule has 0 aliphatic heterocycles. The molecule has 3 heteroatoms. The molecule has 108 valence electrons. The van der Waals surface area contributed by atoms with Gasteiger partial charge < -0.3 is 9.84 Å². The molecular weight excluding hydrogens is 252 g/mol. The minimum atomic E-state index is -0.716. The van der Waals surface area contributed by atoms with Crippen molar-refractivity contribution in [2.45, 2.75) is 57.5 Å². The zero-order valence-electron chi connectivity index (χ0n) is 12.2. The van der Waals surface area contributed by atoms with Gasteiger partial charge in [0.25, 0.3) is 0 Å². The summed E-state index contributed by atoms with van der Waals surface area (Å²) in [7, 11) is 0. The second-order valence-corrected chi connectivity index (χ2v) is 6.82. The van der Waals surface area contributed by atoms with Gasteiger partial charge in [0.1, 0.15) is 5.75 Å². The summed E-state index contributed by atoms with van der Waals surface area (Å²) in [5.74, 6) is 0.145. The van der Waals surface area contributed by atoms with E-state index in [4.69, 9.17) is 4.74 Å². The number of aliphatic carboxylic acids is 1. The third-order valence-corrected chi connectivity index (χ3v) is 5.05. The van der Waals surface area contributed by atoms with Crippen molar-refractivity contribution in [3.05, 3.63) is 29.8 Å². The summed E-state index contributed by atoms with van der Waals surface area (Å²) >= 11 is 0. The van der Waals surface area contributed by atoms with Crippen molar-refractivity contribution >= 4 is 5.97 Å². The van der Waals surface area contributed by atoms with E-state index in [2.05, 4.69) is 0 Å². The van der Waals surface area contributed by atoms with Gasteiger partial charge in [-0.25, -0.2) is 0 Å². The first-order valence-electron chi connectivity index (χ1n) is 7.46. The van der Waals surface area contributed by atoms with Crippen molar-refractivity contribution in [2.24, 2.45) is 5.41 Å². The fourth-order valence-corrected chi connectivity index (χ4v) is 3.62. The van der Waals surface area contributed by atoms with Gasteiger partial charge in [-0.15, -0.1) is 0 Å². The van der Waals surface area contributed by atoms with E-state index < -0.39 is 11.4 Å². The van der Waals surface area contributed by atoms with Gasteiger partial charge in [-0.3, -0.25) is 4.79 Å². The lowest BCUT2D eigenvalue weighted by Crippen LogP contribution is -2.25. The molecule has 3 rings (SSSR count). The number of carboxylic acid groups (broad SMARTS) is 1. The summed E-state index contributed by atoms with van der Waals surface area (Å²) in [5, 5.41) is 9.56. The van der Waals surface area contributed by atoms with Gasteiger partial charge in [-0.2, -0.15) is 0 Å². The zero-order valence-corrected chi connectivity index (χ0v) is 12.2. The van der Waals surface area contributed by atoms with Gasteiger partial charge in [-0.1, -0.05) is 26.0 Å². The largest absolute Gasteiger partial charge is 0.490 e. The van der Waals surface area contributed by atoms with Crippen LogP contribution in [0.5, 0.6) is 5.75 Å². The van der Waals surface area contributed by atoms with Crippen LogP contribution in [0.3, 0.4) is 0 Å². The van der Waals surface area contributed by atoms with Gasteiger partial charge >= 0.3 is 5.97 Å². The Balaban J connectivity index is 1.77. The second-order valence-electron chi connectivity index (χ2n) is 6.82. The van der Waals surface area contributed by atoms with Crippen molar-refractivity contribution in [1.82, 2.24) is 0 Å². The molecule has 0 bridgehead atoms. The molecule has 1 unspecified atom stereocenters. The highest BCUT2D eigenvalue weighted by Crippen LogP contribution is 2.64. The average molecular weight is 274 g/mol. The van der Waals surface area contributed by atoms with Gasteiger partial charge in [0.15, 0.2) is 0 Å². The van der Waals surface area contributed by atoms with Crippen LogP contribution in [0.1, 0.15) is 51.5 Å². The summed E-state index contributed by atoms with van der Waals surface area (Å²) in [6.45, 7) is 4.04. The first kappa shape index (κ1) is 13.5. The zero-order chi connectivity index (χ0) is 14.4. The van der Waals surface area contributed by atoms with E-state index in [0.29, 0.717) is 12.5 Å². The van der Waals surface area contributed by atoms with Crippen molar-refractivity contribution in [1.29, 1.82) is 0 Å². The Hall–Kier alpha value is -1.51. The number of rotatable bonds is 4. The predicted molar refractivity (Wildman–Crippen MR) is 77.0 cm³/mol. The van der Waals surface area contributed by atoms with E-state index in [-0.39, 0.29) is 5.41 Å². The van der Waals surface area contributed by atoms with Crippen LogP contribution < -0.4 is 4.74 Å². The highest BCUT2D eigenvalue weighted by Gasteiger charge is 2.67. The maximum absolute atomic E-state index is 11.6. The van der Waals surface area contributed by atoms with Crippen molar-refractivity contribution < 1.29 is 14.6 Å². The Labute approximate surface area is 120 Å². The third kappa shape index (κ3) is 2.00. The molecule has 0 radical (unpaired) electrons. The number of carboxylic acids is 1. The SMILES string of the molecule is CC1(C)CC1(C(=O)O)c1ccc(OC2CCCC2)cc1. The molecule has 2 fully saturated rings. The Kier molecular flexibility index (Phi) is 3.03. The van der Waals surface area contributed by atoms with Crippen LogP contribution in [0.2, 0.25) is 0 Å². The quantitative estimate of drug-likeness (QED) is 0.909. The molecule has 20 heavy (non-hydrogen) atoms. The van der Waals surface area contributed by atoms with Crippen LogP contribution in [0, 0.1) is 5.41 Å². The molecule has 3 nitrogen and oxygen atoms in total. The normalized spacial score (nSPS) is 28.3. The minimum Gasteiger partial charge on any atom is -0.490 e. The number of hydrogen-bond acceptors (Lipinski definition) is 2. The lowest BCUT2D eigenvalue weighted by atomic mass is 9.88. The molecule has 0 heterocycles. The molecule has 1 atom stereocenters. The molecule has 1 aromatic carbocycles. The molecule has 1 N–H and O–H groups in total. The summed E-state index contributed by atoms with van der Waals surface area (Å²) < 4.78 is 5.93. The number of benzene rings is 1. The predicted octanol–water partition coefficient (Wildman–Crippen LogP) is 3.76. The molecule has 0 saturated heterocycles. The van der Waals surface area contributed by atoms with E-state index >= 15 is 0 Å². The van der Waals surface area contributed by atoms with Crippen molar-refractivity contribution in [3.63, 3.8) is 0 Å². The van der Waals surface area contributed by atoms with Gasteiger partial charge in [0, 0.05) is 0 Å². The van der Waals surface area contributed by atoms with Crippen LogP contribution in [0.25, 0.3) is 0 Å². The van der Waals surface area contributed by atoms with E-state index in [1.54, 1.807) is 0 Å². The highest BCUT2D eigenvalue weighted by molar-refractivity contribution is 5.87. The summed E-state index contributed by atoms with van der Waals surface area (Å²) in [6, 6.07) is 7.69. The van der Waals surface area contributed by atoms with Crippen LogP contribution in [0.15, 0.2) is 24.3 Å². The Morgan fingerprint density at radius 3 is 2.20 bits per heavy atom. The van der Waals surface area contributed by atoms with Crippen molar-refractivity contribution in [2.75, 3.05) is 0 Å². The van der Waals surface area contributed by atoms with Crippen LogP contribution >= 0.6 is 0 Å². The van der Waals surface area contributed by atoms with E-state index in [1.807, 2.05) is 38.1 Å². The topological polar surface area (TPSA) is 46.5 Å². The fraction of sp³-hybridized carbons (Fsp3) is 0.588. The summed E-state index contributed by atoms with van der Waals surface area (Å²) in [6.07, 6.45) is 5.81. The average Bonchev–Trinajstić information content (AvgIpc) is 2.75. The Morgan fingerprint density at radius 1 is 1.20 bits per heavy atom. The number of carbonyl (C=O) groups is 1.